The van der Waals surface area contributed by atoms with Crippen molar-refractivity contribution >= 4 is 0 Å². The summed E-state index contributed by atoms with van der Waals surface area (Å²) in [6.07, 6.45) is 2.15. The second-order valence-electron chi connectivity index (χ2n) is 5.38. The van der Waals surface area contributed by atoms with E-state index in [9.17, 15) is 5.11 Å². The summed E-state index contributed by atoms with van der Waals surface area (Å²) in [6, 6.07) is 5.96. The second-order valence-corrected chi connectivity index (χ2v) is 5.38. The van der Waals surface area contributed by atoms with Crippen molar-refractivity contribution in [3.8, 4) is 5.75 Å². The van der Waals surface area contributed by atoms with Gasteiger partial charge < -0.3 is 15.6 Å². The summed E-state index contributed by atoms with van der Waals surface area (Å²) in [4.78, 5) is 0. The fourth-order valence-corrected chi connectivity index (χ4v) is 2.52. The maximum atomic E-state index is 10.1. The topological polar surface area (TPSA) is 55.5 Å². The summed E-state index contributed by atoms with van der Waals surface area (Å²) in [5.41, 5.74) is 8.42. The lowest BCUT2D eigenvalue weighted by Gasteiger charge is -2.23. The van der Waals surface area contributed by atoms with Gasteiger partial charge in [-0.1, -0.05) is 26.3 Å². The van der Waals surface area contributed by atoms with Crippen LogP contribution in [0, 0.1) is 6.92 Å². The predicted octanol–water partition coefficient (Wildman–Crippen LogP) is 2.99. The quantitative estimate of drug-likeness (QED) is 0.797. The number of hydrogen-bond donors (Lipinski definition) is 2. The number of ether oxygens (including phenoxy) is 1. The molecule has 3 heteroatoms. The molecule has 0 amide bonds. The fourth-order valence-electron chi connectivity index (χ4n) is 2.52. The lowest BCUT2D eigenvalue weighted by Crippen LogP contribution is -2.35. The summed E-state index contributed by atoms with van der Waals surface area (Å²) < 4.78 is 5.21. The van der Waals surface area contributed by atoms with E-state index in [1.54, 1.807) is 7.11 Å². The lowest BCUT2D eigenvalue weighted by molar-refractivity contribution is 0.124. The Bertz CT molecular complexity index is 392. The molecule has 3 atom stereocenters. The molecule has 108 valence electrons. The summed E-state index contributed by atoms with van der Waals surface area (Å²) >= 11 is 0. The van der Waals surface area contributed by atoms with Crippen molar-refractivity contribution in [2.24, 2.45) is 5.73 Å². The van der Waals surface area contributed by atoms with Gasteiger partial charge in [0.25, 0.3) is 0 Å². The van der Waals surface area contributed by atoms with Gasteiger partial charge in [-0.2, -0.15) is 0 Å². The molecule has 1 rings (SSSR count). The van der Waals surface area contributed by atoms with Crippen LogP contribution in [0.3, 0.4) is 0 Å². The number of aryl methyl sites for hydroxylation is 1. The first-order valence-electron chi connectivity index (χ1n) is 7.07. The van der Waals surface area contributed by atoms with E-state index in [4.69, 9.17) is 10.5 Å². The Hall–Kier alpha value is -1.06. The number of aliphatic hydroxyl groups is 1. The van der Waals surface area contributed by atoms with Gasteiger partial charge in [0.15, 0.2) is 0 Å². The molecule has 0 fully saturated rings. The van der Waals surface area contributed by atoms with Crippen LogP contribution >= 0.6 is 0 Å². The minimum atomic E-state index is -0.434. The molecule has 3 nitrogen and oxygen atoms in total. The average Bonchev–Trinajstić information content (AvgIpc) is 2.38. The van der Waals surface area contributed by atoms with Gasteiger partial charge in [-0.05, 0) is 48.9 Å². The monoisotopic (exact) mass is 265 g/mol. The molecule has 0 saturated heterocycles. The number of methoxy groups -OCH3 is 1. The minimum Gasteiger partial charge on any atom is -0.497 e. The molecular formula is C16H27NO2. The maximum absolute atomic E-state index is 10.1. The van der Waals surface area contributed by atoms with E-state index < -0.39 is 6.10 Å². The number of hydrogen-bond acceptors (Lipinski definition) is 3. The maximum Gasteiger partial charge on any atom is 0.119 e. The highest BCUT2D eigenvalue weighted by Crippen LogP contribution is 2.27. The van der Waals surface area contributed by atoms with Crippen LogP contribution in [-0.2, 0) is 0 Å². The van der Waals surface area contributed by atoms with Crippen molar-refractivity contribution in [3.05, 3.63) is 29.3 Å². The van der Waals surface area contributed by atoms with Gasteiger partial charge in [-0.3, -0.25) is 0 Å². The van der Waals surface area contributed by atoms with E-state index >= 15 is 0 Å². The van der Waals surface area contributed by atoms with Gasteiger partial charge in [0, 0.05) is 6.04 Å². The Balaban J connectivity index is 2.70. The molecule has 0 spiro atoms. The number of rotatable bonds is 7. The van der Waals surface area contributed by atoms with Crippen LogP contribution in [0.25, 0.3) is 0 Å². The van der Waals surface area contributed by atoms with Crippen molar-refractivity contribution in [2.45, 2.75) is 58.1 Å². The standard InChI is InChI=1S/C16H27NO2/c1-5-6-15(17)16(18)10-12(3)14-8-7-13(19-4)9-11(14)2/h7-9,12,15-16,18H,5-6,10,17H2,1-4H3. The molecular weight excluding hydrogens is 238 g/mol. The largest absolute Gasteiger partial charge is 0.497 e. The van der Waals surface area contributed by atoms with Gasteiger partial charge in [-0.15, -0.1) is 0 Å². The first kappa shape index (κ1) is 16.0. The SMILES string of the molecule is CCCC(N)C(O)CC(C)c1ccc(OC)cc1C. The summed E-state index contributed by atoms with van der Waals surface area (Å²) in [7, 11) is 1.67. The van der Waals surface area contributed by atoms with E-state index in [1.165, 1.54) is 11.1 Å². The van der Waals surface area contributed by atoms with Gasteiger partial charge in [0.1, 0.15) is 5.75 Å². The van der Waals surface area contributed by atoms with E-state index in [-0.39, 0.29) is 6.04 Å². The Labute approximate surface area is 116 Å². The zero-order valence-corrected chi connectivity index (χ0v) is 12.5. The summed E-state index contributed by atoms with van der Waals surface area (Å²) in [6.45, 7) is 6.30. The van der Waals surface area contributed by atoms with Crippen molar-refractivity contribution < 1.29 is 9.84 Å². The number of aliphatic hydroxyl groups excluding tert-OH is 1. The molecule has 0 heterocycles. The average molecular weight is 265 g/mol. The Morgan fingerprint density at radius 3 is 2.58 bits per heavy atom. The Morgan fingerprint density at radius 1 is 1.37 bits per heavy atom. The molecule has 0 aliphatic heterocycles. The van der Waals surface area contributed by atoms with Crippen LogP contribution in [0.15, 0.2) is 18.2 Å². The van der Waals surface area contributed by atoms with E-state index in [0.717, 1.165) is 18.6 Å². The number of benzene rings is 1. The van der Waals surface area contributed by atoms with Gasteiger partial charge in [-0.25, -0.2) is 0 Å². The fraction of sp³-hybridized carbons (Fsp3) is 0.625. The number of nitrogens with two attached hydrogens (primary N) is 1. The highest BCUT2D eigenvalue weighted by molar-refractivity contribution is 5.36. The molecule has 0 radical (unpaired) electrons. The van der Waals surface area contributed by atoms with E-state index in [2.05, 4.69) is 26.8 Å². The normalized spacial score (nSPS) is 15.9. The van der Waals surface area contributed by atoms with Crippen molar-refractivity contribution in [1.29, 1.82) is 0 Å². The molecule has 3 unspecified atom stereocenters. The first-order valence-corrected chi connectivity index (χ1v) is 7.07. The third-order valence-electron chi connectivity index (χ3n) is 3.72. The second kappa shape index (κ2) is 7.51. The third-order valence-corrected chi connectivity index (χ3v) is 3.72. The smallest absolute Gasteiger partial charge is 0.119 e. The molecule has 0 bridgehead atoms. The third kappa shape index (κ3) is 4.51. The van der Waals surface area contributed by atoms with Gasteiger partial charge in [0.05, 0.1) is 13.2 Å². The van der Waals surface area contributed by atoms with Crippen molar-refractivity contribution in [1.82, 2.24) is 0 Å². The van der Waals surface area contributed by atoms with E-state index in [0.29, 0.717) is 12.3 Å². The molecule has 0 aliphatic rings. The van der Waals surface area contributed by atoms with Gasteiger partial charge in [0.2, 0.25) is 0 Å². The predicted molar refractivity (Wildman–Crippen MR) is 79.7 cm³/mol. The molecule has 3 N–H and O–H groups in total. The first-order chi connectivity index (χ1) is 8.99. The minimum absolute atomic E-state index is 0.119. The van der Waals surface area contributed by atoms with Crippen LogP contribution in [0.2, 0.25) is 0 Å². The van der Waals surface area contributed by atoms with Crippen LogP contribution in [0.1, 0.15) is 50.2 Å². The lowest BCUT2D eigenvalue weighted by atomic mass is 9.89. The zero-order chi connectivity index (χ0) is 14.4. The highest BCUT2D eigenvalue weighted by Gasteiger charge is 2.19. The molecule has 0 saturated carbocycles. The van der Waals surface area contributed by atoms with E-state index in [1.807, 2.05) is 12.1 Å². The molecule has 1 aromatic carbocycles. The van der Waals surface area contributed by atoms with Crippen LogP contribution in [0.5, 0.6) is 5.75 Å². The highest BCUT2D eigenvalue weighted by atomic mass is 16.5. The van der Waals surface area contributed by atoms with Gasteiger partial charge >= 0.3 is 0 Å². The molecule has 0 aromatic heterocycles. The molecule has 0 aliphatic carbocycles. The summed E-state index contributed by atoms with van der Waals surface area (Å²) in [5.74, 6) is 1.17. The Morgan fingerprint density at radius 2 is 2.05 bits per heavy atom. The van der Waals surface area contributed by atoms with Crippen molar-refractivity contribution in [2.75, 3.05) is 7.11 Å². The van der Waals surface area contributed by atoms with Crippen LogP contribution in [-0.4, -0.2) is 24.4 Å². The van der Waals surface area contributed by atoms with Crippen LogP contribution in [0.4, 0.5) is 0 Å². The van der Waals surface area contributed by atoms with Crippen molar-refractivity contribution in [3.63, 3.8) is 0 Å². The Kier molecular flexibility index (Phi) is 6.32. The summed E-state index contributed by atoms with van der Waals surface area (Å²) in [5, 5.41) is 10.1. The molecule has 19 heavy (non-hydrogen) atoms. The zero-order valence-electron chi connectivity index (χ0n) is 12.5. The molecule has 1 aromatic rings. The van der Waals surface area contributed by atoms with Crippen LogP contribution < -0.4 is 10.5 Å².